The Balaban J connectivity index is 1.83. The van der Waals surface area contributed by atoms with Crippen molar-refractivity contribution in [2.24, 2.45) is 0 Å². The van der Waals surface area contributed by atoms with Crippen LogP contribution < -0.4 is 0 Å². The highest BCUT2D eigenvalue weighted by Gasteiger charge is 2.14. The van der Waals surface area contributed by atoms with Crippen LogP contribution in [0.3, 0.4) is 0 Å². The van der Waals surface area contributed by atoms with Gasteiger partial charge in [0, 0.05) is 6.54 Å². The van der Waals surface area contributed by atoms with Crippen molar-refractivity contribution in [3.63, 3.8) is 0 Å². The van der Waals surface area contributed by atoms with Crippen molar-refractivity contribution < 1.29 is 4.79 Å². The fourth-order valence-electron chi connectivity index (χ4n) is 2.18. The van der Waals surface area contributed by atoms with Crippen molar-refractivity contribution in [2.45, 2.75) is 18.1 Å². The Bertz CT molecular complexity index is 831. The van der Waals surface area contributed by atoms with Crippen molar-refractivity contribution in [1.29, 1.82) is 5.26 Å². The number of aryl methyl sites for hydroxylation is 1. The topological polar surface area (TPSA) is 58.7 Å². The van der Waals surface area contributed by atoms with Gasteiger partial charge in [0.2, 0.25) is 0 Å². The summed E-state index contributed by atoms with van der Waals surface area (Å²) in [5, 5.41) is 11.5. The number of Topliss-reactive ketones (excluding diaryl/α,β-unsaturated/α-hetero) is 1. The minimum Gasteiger partial charge on any atom is -0.318 e. The molecule has 0 radical (unpaired) electrons. The van der Waals surface area contributed by atoms with Crippen LogP contribution in [0.15, 0.2) is 46.9 Å². The Kier molecular flexibility index (Phi) is 4.56. The van der Waals surface area contributed by atoms with Gasteiger partial charge in [-0.25, -0.2) is 4.98 Å². The SMILES string of the molecule is N#CCCn1c(SCC(=O)c2cccs2)nc2ccccc21. The summed E-state index contributed by atoms with van der Waals surface area (Å²) in [7, 11) is 0. The first kappa shape index (κ1) is 14.8. The van der Waals surface area contributed by atoms with Crippen LogP contribution in [0.5, 0.6) is 0 Å². The van der Waals surface area contributed by atoms with Crippen LogP contribution in [0.2, 0.25) is 0 Å². The molecule has 3 aromatic rings. The summed E-state index contributed by atoms with van der Waals surface area (Å²) in [6.45, 7) is 0.590. The van der Waals surface area contributed by atoms with Crippen LogP contribution in [-0.4, -0.2) is 21.1 Å². The summed E-state index contributed by atoms with van der Waals surface area (Å²) >= 11 is 2.89. The number of nitriles is 1. The highest BCUT2D eigenvalue weighted by atomic mass is 32.2. The molecular weight excluding hydrogens is 314 g/mol. The summed E-state index contributed by atoms with van der Waals surface area (Å²) in [5.74, 6) is 0.468. The lowest BCUT2D eigenvalue weighted by Crippen LogP contribution is -2.03. The number of aromatic nitrogens is 2. The first-order valence-corrected chi connectivity index (χ1v) is 8.68. The standard InChI is InChI=1S/C16H13N3OS2/c17-8-4-9-19-13-6-2-1-5-12(13)18-16(19)22-11-14(20)15-7-3-10-21-15/h1-3,5-7,10H,4,9,11H2. The molecule has 3 rings (SSSR count). The van der Waals surface area contributed by atoms with Crippen molar-refractivity contribution >= 4 is 39.9 Å². The molecule has 110 valence electrons. The molecule has 0 N–H and O–H groups in total. The Morgan fingerprint density at radius 2 is 2.18 bits per heavy atom. The molecule has 2 aromatic heterocycles. The van der Waals surface area contributed by atoms with E-state index < -0.39 is 0 Å². The fourth-order valence-corrected chi connectivity index (χ4v) is 3.86. The number of carbonyl (C=O) groups is 1. The van der Waals surface area contributed by atoms with Crippen LogP contribution in [0.25, 0.3) is 11.0 Å². The molecule has 0 amide bonds. The number of thiophene rings is 1. The molecule has 22 heavy (non-hydrogen) atoms. The second-order valence-electron chi connectivity index (χ2n) is 4.63. The number of thioether (sulfide) groups is 1. The molecule has 0 saturated carbocycles. The normalized spacial score (nSPS) is 10.7. The Morgan fingerprint density at radius 1 is 1.32 bits per heavy atom. The minimum absolute atomic E-state index is 0.110. The minimum atomic E-state index is 0.110. The van der Waals surface area contributed by atoms with Gasteiger partial charge in [-0.1, -0.05) is 30.0 Å². The zero-order chi connectivity index (χ0) is 15.4. The lowest BCUT2D eigenvalue weighted by atomic mass is 10.3. The average Bonchev–Trinajstić information content (AvgIpc) is 3.18. The first-order valence-electron chi connectivity index (χ1n) is 6.81. The second-order valence-corrected chi connectivity index (χ2v) is 6.52. The van der Waals surface area contributed by atoms with E-state index in [2.05, 4.69) is 11.1 Å². The Morgan fingerprint density at radius 3 is 2.95 bits per heavy atom. The smallest absolute Gasteiger partial charge is 0.183 e. The Labute approximate surface area is 136 Å². The second kappa shape index (κ2) is 6.77. The molecule has 0 saturated heterocycles. The number of rotatable bonds is 6. The van der Waals surface area contributed by atoms with E-state index in [9.17, 15) is 4.79 Å². The van der Waals surface area contributed by atoms with Gasteiger partial charge in [-0.15, -0.1) is 11.3 Å². The lowest BCUT2D eigenvalue weighted by molar-refractivity contribution is 0.102. The van der Waals surface area contributed by atoms with Crippen LogP contribution in [0.4, 0.5) is 0 Å². The van der Waals surface area contributed by atoms with Gasteiger partial charge in [0.1, 0.15) is 0 Å². The third-order valence-corrected chi connectivity index (χ3v) is 5.08. The Hall–Kier alpha value is -2.10. The number of carbonyl (C=O) groups excluding carboxylic acids is 1. The molecule has 1 aromatic carbocycles. The fraction of sp³-hybridized carbons (Fsp3) is 0.188. The largest absolute Gasteiger partial charge is 0.318 e. The number of hydrogen-bond donors (Lipinski definition) is 0. The van der Waals surface area contributed by atoms with E-state index in [1.165, 1.54) is 23.1 Å². The molecule has 0 unspecified atom stereocenters. The van der Waals surface area contributed by atoms with Crippen molar-refractivity contribution in [1.82, 2.24) is 9.55 Å². The third-order valence-electron chi connectivity index (χ3n) is 3.20. The number of para-hydroxylation sites is 2. The van der Waals surface area contributed by atoms with E-state index in [1.54, 1.807) is 0 Å². The predicted octanol–water partition coefficient (Wildman–Crippen LogP) is 3.99. The van der Waals surface area contributed by atoms with Crippen molar-refractivity contribution in [3.8, 4) is 6.07 Å². The van der Waals surface area contributed by atoms with Gasteiger partial charge in [-0.3, -0.25) is 4.79 Å². The molecule has 0 atom stereocenters. The monoisotopic (exact) mass is 327 g/mol. The summed E-state index contributed by atoms with van der Waals surface area (Å²) in [6, 6.07) is 13.7. The number of hydrogen-bond acceptors (Lipinski definition) is 5. The molecular formula is C16H13N3OS2. The summed E-state index contributed by atoms with van der Waals surface area (Å²) < 4.78 is 2.02. The highest BCUT2D eigenvalue weighted by Crippen LogP contribution is 2.25. The van der Waals surface area contributed by atoms with E-state index in [0.29, 0.717) is 18.7 Å². The van der Waals surface area contributed by atoms with Gasteiger partial charge in [0.05, 0.1) is 34.2 Å². The highest BCUT2D eigenvalue weighted by molar-refractivity contribution is 7.99. The molecule has 0 aliphatic heterocycles. The number of ketones is 1. The predicted molar refractivity (Wildman–Crippen MR) is 89.3 cm³/mol. The van der Waals surface area contributed by atoms with Crippen LogP contribution in [0, 0.1) is 11.3 Å². The molecule has 0 fully saturated rings. The third kappa shape index (κ3) is 3.06. The van der Waals surface area contributed by atoms with Gasteiger partial charge in [-0.05, 0) is 23.6 Å². The average molecular weight is 327 g/mol. The lowest BCUT2D eigenvalue weighted by Gasteiger charge is -2.05. The quantitative estimate of drug-likeness (QED) is 0.507. The van der Waals surface area contributed by atoms with E-state index in [-0.39, 0.29) is 5.78 Å². The van der Waals surface area contributed by atoms with Gasteiger partial charge in [0.25, 0.3) is 0 Å². The van der Waals surface area contributed by atoms with Crippen LogP contribution >= 0.6 is 23.1 Å². The van der Waals surface area contributed by atoms with E-state index in [0.717, 1.165) is 21.1 Å². The number of imidazole rings is 1. The van der Waals surface area contributed by atoms with E-state index in [4.69, 9.17) is 5.26 Å². The van der Waals surface area contributed by atoms with Crippen molar-refractivity contribution in [2.75, 3.05) is 5.75 Å². The maximum absolute atomic E-state index is 12.1. The summed E-state index contributed by atoms with van der Waals surface area (Å²) in [5.41, 5.74) is 1.90. The molecule has 0 bridgehead atoms. The molecule has 0 spiro atoms. The molecule has 0 aliphatic carbocycles. The maximum atomic E-state index is 12.1. The van der Waals surface area contributed by atoms with E-state index >= 15 is 0 Å². The summed E-state index contributed by atoms with van der Waals surface area (Å²) in [4.78, 5) is 17.5. The van der Waals surface area contributed by atoms with Gasteiger partial charge >= 0.3 is 0 Å². The molecule has 0 aliphatic rings. The van der Waals surface area contributed by atoms with Gasteiger partial charge < -0.3 is 4.57 Å². The van der Waals surface area contributed by atoms with Gasteiger partial charge in [-0.2, -0.15) is 5.26 Å². The number of nitrogens with zero attached hydrogens (tertiary/aromatic N) is 3. The summed E-state index contributed by atoms with van der Waals surface area (Å²) in [6.07, 6.45) is 0.423. The van der Waals surface area contributed by atoms with E-state index in [1.807, 2.05) is 46.3 Å². The zero-order valence-electron chi connectivity index (χ0n) is 11.7. The first-order chi connectivity index (χ1) is 10.8. The molecule has 4 nitrogen and oxygen atoms in total. The molecule has 6 heteroatoms. The number of benzene rings is 1. The van der Waals surface area contributed by atoms with Gasteiger partial charge in [0.15, 0.2) is 10.9 Å². The zero-order valence-corrected chi connectivity index (χ0v) is 13.4. The molecule has 2 heterocycles. The number of fused-ring (bicyclic) bond motifs is 1. The maximum Gasteiger partial charge on any atom is 0.183 e. The van der Waals surface area contributed by atoms with Crippen LogP contribution in [0.1, 0.15) is 16.1 Å². The van der Waals surface area contributed by atoms with Crippen molar-refractivity contribution in [3.05, 3.63) is 46.7 Å². The van der Waals surface area contributed by atoms with Crippen LogP contribution in [-0.2, 0) is 6.54 Å².